The van der Waals surface area contributed by atoms with Crippen molar-refractivity contribution in [3.8, 4) is 0 Å². The second kappa shape index (κ2) is 6.44. The zero-order valence-corrected chi connectivity index (χ0v) is 13.1. The molecule has 3 nitrogen and oxygen atoms in total. The summed E-state index contributed by atoms with van der Waals surface area (Å²) in [6, 6.07) is 10.8. The van der Waals surface area contributed by atoms with Gasteiger partial charge in [0, 0.05) is 25.0 Å². The summed E-state index contributed by atoms with van der Waals surface area (Å²) in [4.78, 5) is 7.45. The fourth-order valence-corrected chi connectivity index (χ4v) is 2.91. The highest BCUT2D eigenvalue weighted by Gasteiger charge is 2.25. The van der Waals surface area contributed by atoms with Gasteiger partial charge < -0.3 is 10.2 Å². The maximum atomic E-state index is 4.95. The number of hydrogen-bond donors (Lipinski definition) is 1. The van der Waals surface area contributed by atoms with Crippen molar-refractivity contribution in [2.75, 3.05) is 25.0 Å². The van der Waals surface area contributed by atoms with E-state index in [1.54, 1.807) is 0 Å². The molecule has 21 heavy (non-hydrogen) atoms. The summed E-state index contributed by atoms with van der Waals surface area (Å²) in [5, 5.41) is 5.80. The molecular weight excluding hydrogens is 258 g/mol. The van der Waals surface area contributed by atoms with E-state index in [1.807, 2.05) is 7.05 Å². The van der Waals surface area contributed by atoms with E-state index in [4.69, 9.17) is 4.98 Å². The molecule has 0 saturated heterocycles. The summed E-state index contributed by atoms with van der Waals surface area (Å²) >= 11 is 0. The van der Waals surface area contributed by atoms with Crippen molar-refractivity contribution in [3.05, 3.63) is 36.0 Å². The summed E-state index contributed by atoms with van der Waals surface area (Å²) in [6.45, 7) is 5.32. The van der Waals surface area contributed by atoms with Gasteiger partial charge in [-0.15, -0.1) is 0 Å². The summed E-state index contributed by atoms with van der Waals surface area (Å²) in [5.74, 6) is 2.05. The monoisotopic (exact) mass is 283 g/mol. The number of pyridine rings is 1. The lowest BCUT2D eigenvalue weighted by atomic mass is 10.1. The summed E-state index contributed by atoms with van der Waals surface area (Å²) in [5.41, 5.74) is 1.13. The van der Waals surface area contributed by atoms with Crippen LogP contribution in [-0.4, -0.2) is 25.1 Å². The highest BCUT2D eigenvalue weighted by molar-refractivity contribution is 5.92. The van der Waals surface area contributed by atoms with Gasteiger partial charge in [-0.25, -0.2) is 4.98 Å². The largest absolute Gasteiger partial charge is 0.356 e. The van der Waals surface area contributed by atoms with Crippen LogP contribution < -0.4 is 10.2 Å². The minimum atomic E-state index is 0.821. The van der Waals surface area contributed by atoms with Crippen LogP contribution in [0, 0.1) is 5.92 Å². The Morgan fingerprint density at radius 1 is 1.29 bits per heavy atom. The lowest BCUT2D eigenvalue weighted by Gasteiger charge is -2.25. The number of hydrogen-bond acceptors (Lipinski definition) is 3. The van der Waals surface area contributed by atoms with E-state index in [0.717, 1.165) is 31.2 Å². The Bertz CT molecular complexity index is 604. The van der Waals surface area contributed by atoms with Crippen molar-refractivity contribution in [1.29, 1.82) is 0 Å². The maximum absolute atomic E-state index is 4.95. The van der Waals surface area contributed by atoms with Crippen molar-refractivity contribution < 1.29 is 0 Å². The molecule has 1 heterocycles. The quantitative estimate of drug-likeness (QED) is 0.842. The second-order valence-corrected chi connectivity index (χ2v) is 6.08. The van der Waals surface area contributed by atoms with Gasteiger partial charge in [0.2, 0.25) is 0 Å². The standard InChI is InChI=1S/C18H25N3/c1-3-10-21(13-14-8-9-14)18-17-7-5-4-6-15(17)11-16(20-18)12-19-2/h4-7,11,14,19H,3,8-10,12-13H2,1-2H3. The average molecular weight is 283 g/mol. The van der Waals surface area contributed by atoms with Gasteiger partial charge in [0.15, 0.2) is 0 Å². The third-order valence-electron chi connectivity index (χ3n) is 4.10. The van der Waals surface area contributed by atoms with Gasteiger partial charge in [0.1, 0.15) is 5.82 Å². The number of aromatic nitrogens is 1. The first-order valence-electron chi connectivity index (χ1n) is 8.10. The third kappa shape index (κ3) is 3.35. The zero-order valence-electron chi connectivity index (χ0n) is 13.1. The molecule has 0 unspecified atom stereocenters. The van der Waals surface area contributed by atoms with Crippen LogP contribution in [0.15, 0.2) is 30.3 Å². The Morgan fingerprint density at radius 3 is 2.81 bits per heavy atom. The van der Waals surface area contributed by atoms with Gasteiger partial charge in [0.25, 0.3) is 0 Å². The zero-order chi connectivity index (χ0) is 14.7. The number of fused-ring (bicyclic) bond motifs is 1. The van der Waals surface area contributed by atoms with Crippen LogP contribution in [0.5, 0.6) is 0 Å². The molecule has 1 aliphatic carbocycles. The number of anilines is 1. The van der Waals surface area contributed by atoms with Crippen LogP contribution >= 0.6 is 0 Å². The number of benzene rings is 1. The van der Waals surface area contributed by atoms with Gasteiger partial charge in [-0.2, -0.15) is 0 Å². The molecular formula is C18H25N3. The lowest BCUT2D eigenvalue weighted by molar-refractivity contribution is 0.696. The van der Waals surface area contributed by atoms with E-state index >= 15 is 0 Å². The van der Waals surface area contributed by atoms with Crippen LogP contribution in [0.2, 0.25) is 0 Å². The maximum Gasteiger partial charge on any atom is 0.136 e. The summed E-state index contributed by atoms with van der Waals surface area (Å²) in [7, 11) is 1.98. The highest BCUT2D eigenvalue weighted by atomic mass is 15.2. The molecule has 0 radical (unpaired) electrons. The SMILES string of the molecule is CCCN(CC1CC1)c1nc(CNC)cc2ccccc12. The number of nitrogens with one attached hydrogen (secondary N) is 1. The van der Waals surface area contributed by atoms with E-state index in [2.05, 4.69) is 47.5 Å². The topological polar surface area (TPSA) is 28.2 Å². The van der Waals surface area contributed by atoms with Gasteiger partial charge in [-0.05, 0) is 43.7 Å². The van der Waals surface area contributed by atoms with Crippen molar-refractivity contribution in [2.24, 2.45) is 5.92 Å². The van der Waals surface area contributed by atoms with Crippen molar-refractivity contribution >= 4 is 16.6 Å². The van der Waals surface area contributed by atoms with E-state index in [9.17, 15) is 0 Å². The van der Waals surface area contributed by atoms with Crippen LogP contribution in [-0.2, 0) is 6.54 Å². The molecule has 1 aliphatic rings. The Labute approximate surface area is 127 Å². The molecule has 0 atom stereocenters. The smallest absolute Gasteiger partial charge is 0.136 e. The third-order valence-corrected chi connectivity index (χ3v) is 4.10. The van der Waals surface area contributed by atoms with Crippen molar-refractivity contribution in [2.45, 2.75) is 32.7 Å². The predicted molar refractivity (Wildman–Crippen MR) is 89.7 cm³/mol. The predicted octanol–water partition coefficient (Wildman–Crippen LogP) is 3.58. The fourth-order valence-electron chi connectivity index (χ4n) is 2.91. The molecule has 1 N–H and O–H groups in total. The fraction of sp³-hybridized carbons (Fsp3) is 0.500. The first-order valence-corrected chi connectivity index (χ1v) is 8.10. The molecule has 0 spiro atoms. The van der Waals surface area contributed by atoms with Crippen molar-refractivity contribution in [1.82, 2.24) is 10.3 Å². The first-order chi connectivity index (χ1) is 10.3. The molecule has 2 aromatic rings. The van der Waals surface area contributed by atoms with Gasteiger partial charge in [-0.3, -0.25) is 0 Å². The van der Waals surface area contributed by atoms with Crippen molar-refractivity contribution in [3.63, 3.8) is 0 Å². The molecule has 112 valence electrons. The number of nitrogens with zero attached hydrogens (tertiary/aromatic N) is 2. The Balaban J connectivity index is 2.03. The first kappa shape index (κ1) is 14.3. The van der Waals surface area contributed by atoms with E-state index in [0.29, 0.717) is 0 Å². The van der Waals surface area contributed by atoms with Crippen LogP contribution in [0.4, 0.5) is 5.82 Å². The van der Waals surface area contributed by atoms with Gasteiger partial charge in [-0.1, -0.05) is 31.2 Å². The van der Waals surface area contributed by atoms with Gasteiger partial charge in [0.05, 0.1) is 5.69 Å². The minimum absolute atomic E-state index is 0.821. The molecule has 0 bridgehead atoms. The van der Waals surface area contributed by atoms with E-state index in [1.165, 1.54) is 35.9 Å². The Morgan fingerprint density at radius 2 is 2.10 bits per heavy atom. The lowest BCUT2D eigenvalue weighted by Crippen LogP contribution is -2.28. The molecule has 3 heteroatoms. The molecule has 0 aliphatic heterocycles. The Hall–Kier alpha value is -1.61. The van der Waals surface area contributed by atoms with Crippen LogP contribution in [0.1, 0.15) is 31.9 Å². The van der Waals surface area contributed by atoms with Gasteiger partial charge >= 0.3 is 0 Å². The number of rotatable bonds is 7. The molecule has 3 rings (SSSR count). The molecule has 0 amide bonds. The van der Waals surface area contributed by atoms with Crippen LogP contribution in [0.3, 0.4) is 0 Å². The van der Waals surface area contributed by atoms with E-state index in [-0.39, 0.29) is 0 Å². The molecule has 1 aromatic heterocycles. The summed E-state index contributed by atoms with van der Waals surface area (Å²) < 4.78 is 0. The molecule has 1 fully saturated rings. The molecule has 1 aromatic carbocycles. The van der Waals surface area contributed by atoms with E-state index < -0.39 is 0 Å². The second-order valence-electron chi connectivity index (χ2n) is 6.08. The summed E-state index contributed by atoms with van der Waals surface area (Å²) in [6.07, 6.45) is 3.93. The average Bonchev–Trinajstić information content (AvgIpc) is 3.30. The van der Waals surface area contributed by atoms with Crippen LogP contribution in [0.25, 0.3) is 10.8 Å². The minimum Gasteiger partial charge on any atom is -0.356 e. The highest BCUT2D eigenvalue weighted by Crippen LogP contribution is 2.33. The normalized spacial score (nSPS) is 14.6. The Kier molecular flexibility index (Phi) is 4.39. The molecule has 1 saturated carbocycles.